The predicted octanol–water partition coefficient (Wildman–Crippen LogP) is 3.59. The Kier molecular flexibility index (Phi) is 4.01. The molecule has 1 aromatic heterocycles. The smallest absolute Gasteiger partial charge is 0.147 e. The standard InChI is InChI=1S/C16H19N3/c1-4-12(2)11-19(3)16-14(10-17)9-13-7-5-6-8-15(13)18-16/h5-9,12H,4,11H2,1-3H3. The maximum atomic E-state index is 9.30. The Hall–Kier alpha value is -2.08. The van der Waals surface area contributed by atoms with Crippen LogP contribution in [0.5, 0.6) is 0 Å². The molecule has 0 aliphatic carbocycles. The molecule has 1 aromatic carbocycles. The number of hydrogen-bond acceptors (Lipinski definition) is 3. The maximum Gasteiger partial charge on any atom is 0.147 e. The Labute approximate surface area is 114 Å². The SMILES string of the molecule is CCC(C)CN(C)c1nc2ccccc2cc1C#N. The van der Waals surface area contributed by atoms with Crippen molar-refractivity contribution in [3.05, 3.63) is 35.9 Å². The Balaban J connectivity index is 2.44. The van der Waals surface area contributed by atoms with Crippen molar-refractivity contribution < 1.29 is 0 Å². The van der Waals surface area contributed by atoms with E-state index in [0.717, 1.165) is 29.7 Å². The van der Waals surface area contributed by atoms with Gasteiger partial charge in [0.2, 0.25) is 0 Å². The van der Waals surface area contributed by atoms with Crippen molar-refractivity contribution in [3.8, 4) is 6.07 Å². The van der Waals surface area contributed by atoms with Crippen molar-refractivity contribution in [1.29, 1.82) is 5.26 Å². The lowest BCUT2D eigenvalue weighted by Crippen LogP contribution is -2.25. The molecule has 0 radical (unpaired) electrons. The van der Waals surface area contributed by atoms with Gasteiger partial charge >= 0.3 is 0 Å². The highest BCUT2D eigenvalue weighted by Gasteiger charge is 2.12. The van der Waals surface area contributed by atoms with E-state index in [0.29, 0.717) is 11.5 Å². The summed E-state index contributed by atoms with van der Waals surface area (Å²) in [6.07, 6.45) is 1.12. The zero-order valence-corrected chi connectivity index (χ0v) is 11.7. The van der Waals surface area contributed by atoms with Crippen LogP contribution in [-0.4, -0.2) is 18.6 Å². The quantitative estimate of drug-likeness (QED) is 0.836. The van der Waals surface area contributed by atoms with Gasteiger partial charge in [0.15, 0.2) is 0 Å². The summed E-state index contributed by atoms with van der Waals surface area (Å²) < 4.78 is 0. The largest absolute Gasteiger partial charge is 0.358 e. The van der Waals surface area contributed by atoms with Crippen molar-refractivity contribution in [2.45, 2.75) is 20.3 Å². The third-order valence-electron chi connectivity index (χ3n) is 3.47. The molecule has 98 valence electrons. The highest BCUT2D eigenvalue weighted by Crippen LogP contribution is 2.23. The summed E-state index contributed by atoms with van der Waals surface area (Å²) in [5.74, 6) is 1.37. The first-order valence-corrected chi connectivity index (χ1v) is 6.66. The second-order valence-electron chi connectivity index (χ2n) is 5.06. The molecule has 2 rings (SSSR count). The average Bonchev–Trinajstić information content (AvgIpc) is 2.45. The van der Waals surface area contributed by atoms with Gasteiger partial charge in [-0.2, -0.15) is 5.26 Å². The van der Waals surface area contributed by atoms with E-state index < -0.39 is 0 Å². The molecule has 0 saturated heterocycles. The highest BCUT2D eigenvalue weighted by atomic mass is 15.2. The highest BCUT2D eigenvalue weighted by molar-refractivity contribution is 5.83. The van der Waals surface area contributed by atoms with E-state index in [1.165, 1.54) is 0 Å². The van der Waals surface area contributed by atoms with E-state index in [1.54, 1.807) is 0 Å². The third-order valence-corrected chi connectivity index (χ3v) is 3.47. The normalized spacial score (nSPS) is 12.1. The second-order valence-corrected chi connectivity index (χ2v) is 5.06. The van der Waals surface area contributed by atoms with E-state index in [1.807, 2.05) is 37.4 Å². The van der Waals surface area contributed by atoms with Crippen LogP contribution in [0, 0.1) is 17.2 Å². The van der Waals surface area contributed by atoms with E-state index in [2.05, 4.69) is 29.8 Å². The molecule has 2 aromatic rings. The molecular formula is C16H19N3. The topological polar surface area (TPSA) is 39.9 Å². The second kappa shape index (κ2) is 5.71. The van der Waals surface area contributed by atoms with Gasteiger partial charge in [-0.1, -0.05) is 38.5 Å². The van der Waals surface area contributed by atoms with Gasteiger partial charge in [-0.15, -0.1) is 0 Å². The number of fused-ring (bicyclic) bond motifs is 1. The lowest BCUT2D eigenvalue weighted by molar-refractivity contribution is 0.558. The van der Waals surface area contributed by atoms with Crippen molar-refractivity contribution in [2.24, 2.45) is 5.92 Å². The molecule has 0 amide bonds. The van der Waals surface area contributed by atoms with E-state index in [9.17, 15) is 5.26 Å². The van der Waals surface area contributed by atoms with Crippen LogP contribution in [0.25, 0.3) is 10.9 Å². The number of rotatable bonds is 4. The first kappa shape index (κ1) is 13.4. The average molecular weight is 253 g/mol. The molecule has 0 aliphatic heterocycles. The van der Waals surface area contributed by atoms with Gasteiger partial charge in [-0.25, -0.2) is 4.98 Å². The minimum Gasteiger partial charge on any atom is -0.358 e. The molecule has 1 atom stereocenters. The zero-order chi connectivity index (χ0) is 13.8. The number of anilines is 1. The van der Waals surface area contributed by atoms with Crippen LogP contribution in [-0.2, 0) is 0 Å². The van der Waals surface area contributed by atoms with Gasteiger partial charge in [0.05, 0.1) is 11.1 Å². The molecule has 0 aliphatic rings. The van der Waals surface area contributed by atoms with Gasteiger partial charge in [-0.05, 0) is 18.1 Å². The summed E-state index contributed by atoms with van der Waals surface area (Å²) in [5.41, 5.74) is 1.58. The number of nitrogens with zero attached hydrogens (tertiary/aromatic N) is 3. The lowest BCUT2D eigenvalue weighted by Gasteiger charge is -2.23. The predicted molar refractivity (Wildman–Crippen MR) is 79.2 cm³/mol. The molecule has 0 saturated carbocycles. The number of benzene rings is 1. The Morgan fingerprint density at radius 2 is 2.11 bits per heavy atom. The molecular weight excluding hydrogens is 234 g/mol. The summed E-state index contributed by atoms with van der Waals surface area (Å²) in [7, 11) is 2.00. The van der Waals surface area contributed by atoms with E-state index >= 15 is 0 Å². The van der Waals surface area contributed by atoms with Crippen molar-refractivity contribution in [3.63, 3.8) is 0 Å². The minimum absolute atomic E-state index is 0.588. The Morgan fingerprint density at radius 3 is 2.79 bits per heavy atom. The fourth-order valence-corrected chi connectivity index (χ4v) is 2.16. The lowest BCUT2D eigenvalue weighted by atomic mass is 10.1. The van der Waals surface area contributed by atoms with Crippen LogP contribution in [0.2, 0.25) is 0 Å². The van der Waals surface area contributed by atoms with Crippen LogP contribution < -0.4 is 4.90 Å². The van der Waals surface area contributed by atoms with Crippen molar-refractivity contribution >= 4 is 16.7 Å². The number of hydrogen-bond donors (Lipinski definition) is 0. The summed E-state index contributed by atoms with van der Waals surface area (Å²) in [5, 5.41) is 10.3. The number of para-hydroxylation sites is 1. The Morgan fingerprint density at radius 1 is 1.37 bits per heavy atom. The summed E-state index contributed by atoms with van der Waals surface area (Å²) in [6.45, 7) is 5.30. The van der Waals surface area contributed by atoms with Crippen LogP contribution in [0.3, 0.4) is 0 Å². The molecule has 19 heavy (non-hydrogen) atoms. The van der Waals surface area contributed by atoms with Crippen LogP contribution >= 0.6 is 0 Å². The fraction of sp³-hybridized carbons (Fsp3) is 0.375. The Bertz CT molecular complexity index is 613. The van der Waals surface area contributed by atoms with Gasteiger partial charge in [0, 0.05) is 19.0 Å². The van der Waals surface area contributed by atoms with Gasteiger partial charge < -0.3 is 4.90 Å². The van der Waals surface area contributed by atoms with E-state index in [-0.39, 0.29) is 0 Å². The molecule has 3 heteroatoms. The van der Waals surface area contributed by atoms with Gasteiger partial charge in [0.1, 0.15) is 11.9 Å². The monoisotopic (exact) mass is 253 g/mol. The molecule has 1 heterocycles. The first-order valence-electron chi connectivity index (χ1n) is 6.66. The van der Waals surface area contributed by atoms with Gasteiger partial charge in [0.25, 0.3) is 0 Å². The number of nitriles is 1. The maximum absolute atomic E-state index is 9.30. The molecule has 3 nitrogen and oxygen atoms in total. The number of aromatic nitrogens is 1. The zero-order valence-electron chi connectivity index (χ0n) is 11.7. The van der Waals surface area contributed by atoms with Crippen molar-refractivity contribution in [1.82, 2.24) is 4.98 Å². The fourth-order valence-electron chi connectivity index (χ4n) is 2.16. The summed E-state index contributed by atoms with van der Waals surface area (Å²) in [4.78, 5) is 6.72. The third kappa shape index (κ3) is 2.85. The molecule has 0 spiro atoms. The van der Waals surface area contributed by atoms with Crippen LogP contribution in [0.4, 0.5) is 5.82 Å². The molecule has 0 N–H and O–H groups in total. The first-order chi connectivity index (χ1) is 9.15. The molecule has 0 fully saturated rings. The summed E-state index contributed by atoms with van der Waals surface area (Å²) >= 11 is 0. The van der Waals surface area contributed by atoms with Crippen LogP contribution in [0.1, 0.15) is 25.8 Å². The number of pyridine rings is 1. The molecule has 1 unspecified atom stereocenters. The molecule has 0 bridgehead atoms. The summed E-state index contributed by atoms with van der Waals surface area (Å²) in [6, 6.07) is 12.1. The van der Waals surface area contributed by atoms with E-state index in [4.69, 9.17) is 0 Å². The van der Waals surface area contributed by atoms with Crippen LogP contribution in [0.15, 0.2) is 30.3 Å². The minimum atomic E-state index is 0.588. The van der Waals surface area contributed by atoms with Crippen molar-refractivity contribution in [2.75, 3.05) is 18.5 Å². The van der Waals surface area contributed by atoms with Gasteiger partial charge in [-0.3, -0.25) is 0 Å².